The highest BCUT2D eigenvalue weighted by atomic mass is 16.5. The van der Waals surface area contributed by atoms with Crippen molar-refractivity contribution in [3.63, 3.8) is 0 Å². The molecule has 2 fully saturated rings. The molecule has 0 aliphatic carbocycles. The Morgan fingerprint density at radius 2 is 1.62 bits per heavy atom. The van der Waals surface area contributed by atoms with Crippen LogP contribution in [0.5, 0.6) is 0 Å². The fourth-order valence-electron chi connectivity index (χ4n) is 3.26. The van der Waals surface area contributed by atoms with Gasteiger partial charge in [0.25, 0.3) is 0 Å². The number of carbonyl (C=O) groups excluding carboxylic acids is 1. The van der Waals surface area contributed by atoms with Crippen LogP contribution in [-0.2, 0) is 9.53 Å². The number of nitrogens with zero attached hydrogens (tertiary/aromatic N) is 3. The molecule has 24 heavy (non-hydrogen) atoms. The first-order chi connectivity index (χ1) is 11.7. The van der Waals surface area contributed by atoms with Crippen molar-refractivity contribution >= 4 is 5.91 Å². The zero-order valence-corrected chi connectivity index (χ0v) is 14.1. The molecular formula is C18H27N3O3. The lowest BCUT2D eigenvalue weighted by Gasteiger charge is -2.36. The van der Waals surface area contributed by atoms with E-state index in [9.17, 15) is 9.90 Å². The van der Waals surface area contributed by atoms with Crippen LogP contribution < -0.4 is 0 Å². The second-order valence-corrected chi connectivity index (χ2v) is 6.50. The van der Waals surface area contributed by atoms with Crippen LogP contribution in [0.25, 0.3) is 0 Å². The van der Waals surface area contributed by atoms with Gasteiger partial charge in [0.05, 0.1) is 25.9 Å². The summed E-state index contributed by atoms with van der Waals surface area (Å²) in [5, 5.41) is 10.3. The molecule has 6 nitrogen and oxygen atoms in total. The van der Waals surface area contributed by atoms with Crippen LogP contribution in [0.1, 0.15) is 11.7 Å². The second-order valence-electron chi connectivity index (χ2n) is 6.50. The van der Waals surface area contributed by atoms with E-state index in [0.717, 1.165) is 31.7 Å². The van der Waals surface area contributed by atoms with Crippen molar-refractivity contribution in [1.82, 2.24) is 14.7 Å². The number of aliphatic hydroxyl groups excluding tert-OH is 1. The lowest BCUT2D eigenvalue weighted by Crippen LogP contribution is -2.52. The molecule has 0 aromatic heterocycles. The van der Waals surface area contributed by atoms with E-state index in [4.69, 9.17) is 4.74 Å². The number of amides is 1. The third-order valence-electron chi connectivity index (χ3n) is 4.80. The molecule has 0 saturated carbocycles. The van der Waals surface area contributed by atoms with Crippen LogP contribution in [-0.4, -0.2) is 91.3 Å². The maximum atomic E-state index is 12.3. The van der Waals surface area contributed by atoms with Crippen molar-refractivity contribution in [2.75, 3.05) is 65.6 Å². The Morgan fingerprint density at radius 3 is 2.29 bits per heavy atom. The average molecular weight is 333 g/mol. The van der Waals surface area contributed by atoms with Crippen molar-refractivity contribution in [3.05, 3.63) is 35.9 Å². The second kappa shape index (κ2) is 8.58. The summed E-state index contributed by atoms with van der Waals surface area (Å²) in [5.41, 5.74) is 0.961. The number of rotatable bonds is 5. The minimum Gasteiger partial charge on any atom is -0.387 e. The van der Waals surface area contributed by atoms with Gasteiger partial charge in [0.1, 0.15) is 0 Å². The Labute approximate surface area is 143 Å². The summed E-state index contributed by atoms with van der Waals surface area (Å²) < 4.78 is 5.29. The topological polar surface area (TPSA) is 56.2 Å². The molecule has 3 rings (SSSR count). The molecule has 2 saturated heterocycles. The van der Waals surface area contributed by atoms with E-state index in [2.05, 4.69) is 9.80 Å². The van der Waals surface area contributed by atoms with E-state index < -0.39 is 6.10 Å². The van der Waals surface area contributed by atoms with Gasteiger partial charge in [-0.2, -0.15) is 0 Å². The lowest BCUT2D eigenvalue weighted by atomic mass is 10.1. The quantitative estimate of drug-likeness (QED) is 0.834. The molecule has 2 aliphatic rings. The van der Waals surface area contributed by atoms with Gasteiger partial charge in [0.2, 0.25) is 5.91 Å². The number of benzene rings is 1. The molecule has 132 valence electrons. The zero-order chi connectivity index (χ0) is 16.8. The summed E-state index contributed by atoms with van der Waals surface area (Å²) in [7, 11) is 0. The van der Waals surface area contributed by atoms with Crippen LogP contribution in [0.4, 0.5) is 0 Å². The van der Waals surface area contributed by atoms with Crippen LogP contribution >= 0.6 is 0 Å². The van der Waals surface area contributed by atoms with Gasteiger partial charge in [-0.15, -0.1) is 0 Å². The summed E-state index contributed by atoms with van der Waals surface area (Å²) in [6, 6.07) is 9.78. The molecule has 0 radical (unpaired) electrons. The van der Waals surface area contributed by atoms with E-state index >= 15 is 0 Å². The minimum atomic E-state index is -0.451. The third kappa shape index (κ3) is 4.77. The van der Waals surface area contributed by atoms with E-state index in [-0.39, 0.29) is 5.91 Å². The Morgan fingerprint density at radius 1 is 1.00 bits per heavy atom. The SMILES string of the molecule is O=C(CN1CCN(C[C@@H](O)c2ccccc2)CC1)N1CCOCC1. The number of hydrogen-bond acceptors (Lipinski definition) is 5. The monoisotopic (exact) mass is 333 g/mol. The summed E-state index contributed by atoms with van der Waals surface area (Å²) in [4.78, 5) is 18.7. The van der Waals surface area contributed by atoms with Crippen molar-refractivity contribution < 1.29 is 14.6 Å². The maximum Gasteiger partial charge on any atom is 0.236 e. The maximum absolute atomic E-state index is 12.3. The lowest BCUT2D eigenvalue weighted by molar-refractivity contribution is -0.136. The molecule has 6 heteroatoms. The highest BCUT2D eigenvalue weighted by Gasteiger charge is 2.24. The van der Waals surface area contributed by atoms with E-state index in [1.807, 2.05) is 35.2 Å². The van der Waals surface area contributed by atoms with Gasteiger partial charge in [-0.3, -0.25) is 14.6 Å². The molecular weight excluding hydrogens is 306 g/mol. The number of aliphatic hydroxyl groups is 1. The van der Waals surface area contributed by atoms with Gasteiger partial charge in [0, 0.05) is 45.8 Å². The highest BCUT2D eigenvalue weighted by molar-refractivity contribution is 5.78. The van der Waals surface area contributed by atoms with Crippen LogP contribution in [0.3, 0.4) is 0 Å². The molecule has 1 amide bonds. The Kier molecular flexibility index (Phi) is 6.20. The molecule has 0 bridgehead atoms. The van der Waals surface area contributed by atoms with Gasteiger partial charge < -0.3 is 14.7 Å². The van der Waals surface area contributed by atoms with E-state index in [0.29, 0.717) is 39.4 Å². The fraction of sp³-hybridized carbons (Fsp3) is 0.611. The Bertz CT molecular complexity index is 512. The molecule has 0 spiro atoms. The van der Waals surface area contributed by atoms with Crippen LogP contribution in [0.15, 0.2) is 30.3 Å². The summed E-state index contributed by atoms with van der Waals surface area (Å²) >= 11 is 0. The summed E-state index contributed by atoms with van der Waals surface area (Å²) in [5.74, 6) is 0.205. The molecule has 1 aromatic carbocycles. The average Bonchev–Trinajstić information content (AvgIpc) is 2.65. The predicted octanol–water partition coefficient (Wildman–Crippen LogP) is 0.196. The molecule has 2 heterocycles. The van der Waals surface area contributed by atoms with Gasteiger partial charge in [-0.1, -0.05) is 30.3 Å². The zero-order valence-electron chi connectivity index (χ0n) is 14.1. The molecule has 1 aromatic rings. The number of hydrogen-bond donors (Lipinski definition) is 1. The smallest absolute Gasteiger partial charge is 0.236 e. The summed E-state index contributed by atoms with van der Waals surface area (Å²) in [6.45, 7) is 7.39. The number of piperazine rings is 1. The first kappa shape index (κ1) is 17.4. The standard InChI is InChI=1S/C18H27N3O3/c22-17(16-4-2-1-3-5-16)14-19-6-8-20(9-7-19)15-18(23)21-10-12-24-13-11-21/h1-5,17,22H,6-15H2/t17-/m1/s1. The normalized spacial score (nSPS) is 21.6. The van der Waals surface area contributed by atoms with E-state index in [1.165, 1.54) is 0 Å². The van der Waals surface area contributed by atoms with Crippen molar-refractivity contribution in [2.24, 2.45) is 0 Å². The Balaban J connectivity index is 1.40. The van der Waals surface area contributed by atoms with Crippen LogP contribution in [0.2, 0.25) is 0 Å². The number of morpholine rings is 1. The van der Waals surface area contributed by atoms with Gasteiger partial charge >= 0.3 is 0 Å². The predicted molar refractivity (Wildman–Crippen MR) is 91.7 cm³/mol. The molecule has 2 aliphatic heterocycles. The molecule has 1 N–H and O–H groups in total. The number of carbonyl (C=O) groups is 1. The highest BCUT2D eigenvalue weighted by Crippen LogP contribution is 2.15. The third-order valence-corrected chi connectivity index (χ3v) is 4.80. The molecule has 0 unspecified atom stereocenters. The van der Waals surface area contributed by atoms with Crippen molar-refractivity contribution in [1.29, 1.82) is 0 Å². The van der Waals surface area contributed by atoms with Gasteiger partial charge in [-0.05, 0) is 5.56 Å². The van der Waals surface area contributed by atoms with Crippen molar-refractivity contribution in [3.8, 4) is 0 Å². The van der Waals surface area contributed by atoms with E-state index in [1.54, 1.807) is 0 Å². The van der Waals surface area contributed by atoms with Gasteiger partial charge in [-0.25, -0.2) is 0 Å². The van der Waals surface area contributed by atoms with Gasteiger partial charge in [0.15, 0.2) is 0 Å². The minimum absolute atomic E-state index is 0.205. The largest absolute Gasteiger partial charge is 0.387 e. The molecule has 1 atom stereocenters. The summed E-state index contributed by atoms with van der Waals surface area (Å²) in [6.07, 6.45) is -0.451. The first-order valence-corrected chi connectivity index (χ1v) is 8.75. The van der Waals surface area contributed by atoms with Crippen LogP contribution in [0, 0.1) is 0 Å². The fourth-order valence-corrected chi connectivity index (χ4v) is 3.26. The Hall–Kier alpha value is -1.47. The number of β-amino-alcohol motifs (C(OH)–C–C–N with tert-alkyl or cyclic N) is 1. The number of ether oxygens (including phenoxy) is 1. The first-order valence-electron chi connectivity index (χ1n) is 8.75. The van der Waals surface area contributed by atoms with Crippen molar-refractivity contribution in [2.45, 2.75) is 6.10 Å².